The smallest absolute Gasteiger partial charge is 0.266 e. The second-order valence-electron chi connectivity index (χ2n) is 2.75. The topological polar surface area (TPSA) is 83.5 Å². The van der Waals surface area contributed by atoms with Crippen LogP contribution in [0.3, 0.4) is 0 Å². The molecule has 0 atom stereocenters. The second kappa shape index (κ2) is 4.41. The molecule has 0 radical (unpaired) electrons. The van der Waals surface area contributed by atoms with Gasteiger partial charge in [-0.15, -0.1) is 0 Å². The van der Waals surface area contributed by atoms with Gasteiger partial charge in [0.2, 0.25) is 0 Å². The molecule has 1 heterocycles. The van der Waals surface area contributed by atoms with Crippen LogP contribution < -0.4 is 4.72 Å². The Bertz CT molecular complexity index is 467. The zero-order valence-electron chi connectivity index (χ0n) is 8.10. The molecule has 0 saturated carbocycles. The minimum atomic E-state index is -3.55. The summed E-state index contributed by atoms with van der Waals surface area (Å²) in [5, 5.41) is 7.57. The van der Waals surface area contributed by atoms with Gasteiger partial charge < -0.3 is 5.11 Å². The van der Waals surface area contributed by atoms with Gasteiger partial charge in [-0.1, -0.05) is 12.1 Å². The van der Waals surface area contributed by atoms with Gasteiger partial charge in [0.1, 0.15) is 4.90 Å². The Kier molecular flexibility index (Phi) is 3.43. The van der Waals surface area contributed by atoms with Gasteiger partial charge in [-0.05, 0) is 19.1 Å². The molecule has 0 unspecified atom stereocenters. The van der Waals surface area contributed by atoms with Crippen molar-refractivity contribution in [3.8, 4) is 0 Å². The first-order valence-electron chi connectivity index (χ1n) is 4.30. The van der Waals surface area contributed by atoms with Gasteiger partial charge in [0.05, 0.1) is 5.56 Å². The number of carbonyl (C=O) groups excluding carboxylic acids is 1. The first-order valence-corrected chi connectivity index (χ1v) is 5.78. The average Bonchev–Trinajstić information content (AvgIpc) is 2.40. The highest BCUT2D eigenvalue weighted by atomic mass is 32.2. The van der Waals surface area contributed by atoms with Crippen molar-refractivity contribution in [3.05, 3.63) is 29.8 Å². The monoisotopic (exact) mass is 229 g/mol. The molecule has 15 heavy (non-hydrogen) atoms. The average molecular weight is 229 g/mol. The molecule has 82 valence electrons. The standard InChI is InChI=1S/C7H5NO3S.C2H6O/c9-7-5-3-1-2-4-6(5)12(10,11)8-7;1-2-3/h1-4H,(H,8,9);3H,2H2,1H3. The van der Waals surface area contributed by atoms with E-state index in [0.29, 0.717) is 0 Å². The van der Waals surface area contributed by atoms with Crippen LogP contribution in [-0.2, 0) is 10.0 Å². The van der Waals surface area contributed by atoms with Gasteiger partial charge in [-0.2, -0.15) is 0 Å². The first kappa shape index (κ1) is 11.7. The fourth-order valence-electron chi connectivity index (χ4n) is 1.12. The van der Waals surface area contributed by atoms with Crippen molar-refractivity contribution in [1.82, 2.24) is 4.72 Å². The van der Waals surface area contributed by atoms with Crippen molar-refractivity contribution < 1.29 is 18.3 Å². The largest absolute Gasteiger partial charge is 0.397 e. The number of hydrogen-bond acceptors (Lipinski definition) is 4. The molecule has 0 spiro atoms. The van der Waals surface area contributed by atoms with E-state index < -0.39 is 15.9 Å². The number of fused-ring (bicyclic) bond motifs is 1. The second-order valence-corrected chi connectivity index (χ2v) is 4.40. The van der Waals surface area contributed by atoms with Crippen LogP contribution >= 0.6 is 0 Å². The van der Waals surface area contributed by atoms with Crippen LogP contribution in [-0.4, -0.2) is 26.0 Å². The number of rotatable bonds is 0. The third-order valence-electron chi connectivity index (χ3n) is 1.65. The summed E-state index contributed by atoms with van der Waals surface area (Å²) in [6.07, 6.45) is 0. The maximum atomic E-state index is 11.1. The fraction of sp³-hybridized carbons (Fsp3) is 0.222. The minimum Gasteiger partial charge on any atom is -0.397 e. The molecule has 1 aromatic carbocycles. The van der Waals surface area contributed by atoms with Crippen molar-refractivity contribution in [2.75, 3.05) is 6.61 Å². The number of aliphatic hydroxyl groups is 1. The van der Waals surface area contributed by atoms with Crippen LogP contribution in [0.25, 0.3) is 0 Å². The summed E-state index contributed by atoms with van der Waals surface area (Å²) in [4.78, 5) is 11.1. The Morgan fingerprint density at radius 3 is 2.40 bits per heavy atom. The number of amides is 1. The number of nitrogens with one attached hydrogen (secondary N) is 1. The van der Waals surface area contributed by atoms with E-state index in [2.05, 4.69) is 0 Å². The fourth-order valence-corrected chi connectivity index (χ4v) is 2.29. The number of carbonyl (C=O) groups is 1. The Morgan fingerprint density at radius 2 is 1.87 bits per heavy atom. The van der Waals surface area contributed by atoms with Crippen molar-refractivity contribution in [2.45, 2.75) is 11.8 Å². The lowest BCUT2D eigenvalue weighted by molar-refractivity contribution is 0.0985. The molecule has 1 aromatic rings. The summed E-state index contributed by atoms with van der Waals surface area (Å²) in [5.41, 5.74) is 0.220. The quantitative estimate of drug-likeness (QED) is 0.661. The van der Waals surface area contributed by atoms with E-state index >= 15 is 0 Å². The maximum Gasteiger partial charge on any atom is 0.266 e. The normalized spacial score (nSPS) is 16.0. The molecule has 0 saturated heterocycles. The van der Waals surface area contributed by atoms with Crippen LogP contribution in [0.2, 0.25) is 0 Å². The zero-order chi connectivity index (χ0) is 11.5. The molecule has 0 aromatic heterocycles. The molecule has 2 rings (SSSR count). The molecular weight excluding hydrogens is 218 g/mol. The highest BCUT2D eigenvalue weighted by Crippen LogP contribution is 2.20. The third-order valence-corrected chi connectivity index (χ3v) is 3.04. The van der Waals surface area contributed by atoms with Crippen LogP contribution in [0.5, 0.6) is 0 Å². The van der Waals surface area contributed by atoms with Crippen molar-refractivity contribution in [3.63, 3.8) is 0 Å². The predicted molar refractivity (Wildman–Crippen MR) is 53.9 cm³/mol. The lowest BCUT2D eigenvalue weighted by Gasteiger charge is -1.91. The zero-order valence-corrected chi connectivity index (χ0v) is 8.91. The van der Waals surface area contributed by atoms with E-state index in [1.807, 2.05) is 4.72 Å². The number of hydrogen-bond donors (Lipinski definition) is 2. The summed E-state index contributed by atoms with van der Waals surface area (Å²) in [5.74, 6) is -0.550. The summed E-state index contributed by atoms with van der Waals surface area (Å²) in [6.45, 7) is 1.93. The van der Waals surface area contributed by atoms with E-state index in [1.54, 1.807) is 19.1 Å². The Labute approximate surface area is 87.8 Å². The molecule has 0 bridgehead atoms. The van der Waals surface area contributed by atoms with Crippen LogP contribution in [0.1, 0.15) is 17.3 Å². The molecule has 5 nitrogen and oxygen atoms in total. The molecule has 1 aliphatic rings. The molecular formula is C9H11NO4S. The lowest BCUT2D eigenvalue weighted by atomic mass is 10.2. The highest BCUT2D eigenvalue weighted by Gasteiger charge is 2.31. The van der Waals surface area contributed by atoms with Gasteiger partial charge in [0.15, 0.2) is 0 Å². The number of aliphatic hydroxyl groups excluding tert-OH is 1. The molecule has 1 amide bonds. The van der Waals surface area contributed by atoms with Crippen LogP contribution in [0.4, 0.5) is 0 Å². The van der Waals surface area contributed by atoms with Gasteiger partial charge in [0.25, 0.3) is 15.9 Å². The molecule has 2 N–H and O–H groups in total. The Hall–Kier alpha value is -1.40. The molecule has 1 aliphatic heterocycles. The predicted octanol–water partition coefficient (Wildman–Crippen LogP) is 0.117. The Morgan fingerprint density at radius 1 is 1.33 bits per heavy atom. The van der Waals surface area contributed by atoms with Gasteiger partial charge in [0, 0.05) is 6.61 Å². The Balaban J connectivity index is 0.000000337. The highest BCUT2D eigenvalue weighted by molar-refractivity contribution is 7.90. The number of sulfonamides is 1. The van der Waals surface area contributed by atoms with E-state index in [1.165, 1.54) is 12.1 Å². The van der Waals surface area contributed by atoms with Gasteiger partial charge in [-0.25, -0.2) is 13.1 Å². The summed E-state index contributed by atoms with van der Waals surface area (Å²) in [6, 6.07) is 6.09. The van der Waals surface area contributed by atoms with Crippen LogP contribution in [0, 0.1) is 0 Å². The van der Waals surface area contributed by atoms with Crippen LogP contribution in [0.15, 0.2) is 29.2 Å². The van der Waals surface area contributed by atoms with Crippen molar-refractivity contribution >= 4 is 15.9 Å². The lowest BCUT2D eigenvalue weighted by Crippen LogP contribution is -2.20. The molecule has 6 heteroatoms. The van der Waals surface area contributed by atoms with Gasteiger partial charge >= 0.3 is 0 Å². The minimum absolute atomic E-state index is 0.0648. The van der Waals surface area contributed by atoms with E-state index in [4.69, 9.17) is 5.11 Å². The molecule has 0 fully saturated rings. The van der Waals surface area contributed by atoms with Gasteiger partial charge in [-0.3, -0.25) is 4.79 Å². The summed E-state index contributed by atoms with van der Waals surface area (Å²) in [7, 11) is -3.55. The molecule has 0 aliphatic carbocycles. The van der Waals surface area contributed by atoms with E-state index in [9.17, 15) is 13.2 Å². The number of benzene rings is 1. The van der Waals surface area contributed by atoms with Crippen molar-refractivity contribution in [2.24, 2.45) is 0 Å². The summed E-state index contributed by atoms with van der Waals surface area (Å²) >= 11 is 0. The van der Waals surface area contributed by atoms with E-state index in [-0.39, 0.29) is 17.1 Å². The van der Waals surface area contributed by atoms with E-state index in [0.717, 1.165) is 0 Å². The summed E-state index contributed by atoms with van der Waals surface area (Å²) < 4.78 is 24.2. The SMILES string of the molecule is CCO.O=C1NS(=O)(=O)c2ccccc21. The third kappa shape index (κ3) is 2.34. The van der Waals surface area contributed by atoms with Crippen molar-refractivity contribution in [1.29, 1.82) is 0 Å². The maximum absolute atomic E-state index is 11.1. The first-order chi connectivity index (χ1) is 7.03.